The monoisotopic (exact) mass is 190 g/mol. The van der Waals surface area contributed by atoms with Crippen molar-refractivity contribution in [3.05, 3.63) is 24.3 Å². The number of aromatic hydroxyl groups is 1. The van der Waals surface area contributed by atoms with Crippen LogP contribution in [-0.4, -0.2) is 17.2 Å². The van der Waals surface area contributed by atoms with Crippen molar-refractivity contribution >= 4 is 16.7 Å². The topological polar surface area (TPSA) is 68.4 Å². The standard InChI is InChI=1S/C10H10N2O2/c1-14-8-5-9(11)12-10-6(8)3-2-4-7(10)13/h2-5,13H,1H3,(H2,11,12). The van der Waals surface area contributed by atoms with Crippen molar-refractivity contribution in [2.45, 2.75) is 0 Å². The first-order valence-electron chi connectivity index (χ1n) is 4.14. The number of hydrogen-bond donors (Lipinski definition) is 2. The number of para-hydroxylation sites is 1. The molecule has 0 radical (unpaired) electrons. The van der Waals surface area contributed by atoms with Crippen LogP contribution in [0.3, 0.4) is 0 Å². The molecule has 0 aliphatic rings. The zero-order chi connectivity index (χ0) is 10.1. The number of pyridine rings is 1. The van der Waals surface area contributed by atoms with Gasteiger partial charge in [-0.3, -0.25) is 0 Å². The number of ether oxygens (including phenoxy) is 1. The van der Waals surface area contributed by atoms with Crippen molar-refractivity contribution in [3.63, 3.8) is 0 Å². The van der Waals surface area contributed by atoms with Gasteiger partial charge in [-0.1, -0.05) is 6.07 Å². The summed E-state index contributed by atoms with van der Waals surface area (Å²) in [5.41, 5.74) is 6.03. The van der Waals surface area contributed by atoms with Gasteiger partial charge in [0, 0.05) is 11.5 Å². The second-order valence-corrected chi connectivity index (χ2v) is 2.92. The molecule has 0 aliphatic carbocycles. The number of aromatic nitrogens is 1. The molecule has 0 atom stereocenters. The van der Waals surface area contributed by atoms with Gasteiger partial charge in [0.05, 0.1) is 7.11 Å². The van der Waals surface area contributed by atoms with E-state index in [1.54, 1.807) is 25.3 Å². The van der Waals surface area contributed by atoms with Crippen molar-refractivity contribution in [1.82, 2.24) is 4.98 Å². The summed E-state index contributed by atoms with van der Waals surface area (Å²) in [7, 11) is 1.55. The molecule has 4 nitrogen and oxygen atoms in total. The van der Waals surface area contributed by atoms with Gasteiger partial charge in [-0.25, -0.2) is 4.98 Å². The number of methoxy groups -OCH3 is 1. The van der Waals surface area contributed by atoms with E-state index in [1.807, 2.05) is 6.07 Å². The Kier molecular flexibility index (Phi) is 1.89. The van der Waals surface area contributed by atoms with E-state index in [4.69, 9.17) is 10.5 Å². The van der Waals surface area contributed by atoms with Crippen LogP contribution in [-0.2, 0) is 0 Å². The molecule has 0 amide bonds. The maximum atomic E-state index is 9.54. The maximum absolute atomic E-state index is 9.54. The smallest absolute Gasteiger partial charge is 0.142 e. The highest BCUT2D eigenvalue weighted by atomic mass is 16.5. The molecular formula is C10H10N2O2. The molecule has 0 bridgehead atoms. The summed E-state index contributed by atoms with van der Waals surface area (Å²) in [6.45, 7) is 0. The predicted octanol–water partition coefficient (Wildman–Crippen LogP) is 1.53. The average molecular weight is 190 g/mol. The fourth-order valence-corrected chi connectivity index (χ4v) is 1.39. The number of anilines is 1. The van der Waals surface area contributed by atoms with E-state index in [0.29, 0.717) is 17.1 Å². The van der Waals surface area contributed by atoms with Crippen LogP contribution in [0.25, 0.3) is 10.9 Å². The van der Waals surface area contributed by atoms with Crippen molar-refractivity contribution in [3.8, 4) is 11.5 Å². The number of benzene rings is 1. The molecular weight excluding hydrogens is 180 g/mol. The normalized spacial score (nSPS) is 10.4. The number of hydrogen-bond acceptors (Lipinski definition) is 4. The van der Waals surface area contributed by atoms with E-state index in [0.717, 1.165) is 5.39 Å². The molecule has 2 rings (SSSR count). The highest BCUT2D eigenvalue weighted by Gasteiger charge is 2.07. The minimum atomic E-state index is 0.105. The zero-order valence-electron chi connectivity index (χ0n) is 7.69. The predicted molar refractivity (Wildman–Crippen MR) is 54.4 cm³/mol. The molecule has 0 unspecified atom stereocenters. The Labute approximate surface area is 80.9 Å². The highest BCUT2D eigenvalue weighted by Crippen LogP contribution is 2.31. The molecule has 14 heavy (non-hydrogen) atoms. The van der Waals surface area contributed by atoms with E-state index in [9.17, 15) is 5.11 Å². The SMILES string of the molecule is COc1cc(N)nc2c(O)cccc12. The minimum Gasteiger partial charge on any atom is -0.506 e. The fourth-order valence-electron chi connectivity index (χ4n) is 1.39. The first-order valence-corrected chi connectivity index (χ1v) is 4.14. The average Bonchev–Trinajstić information content (AvgIpc) is 2.18. The van der Waals surface area contributed by atoms with E-state index in [-0.39, 0.29) is 5.75 Å². The fraction of sp³-hybridized carbons (Fsp3) is 0.100. The van der Waals surface area contributed by atoms with Crippen LogP contribution in [0.15, 0.2) is 24.3 Å². The molecule has 2 aromatic rings. The molecule has 1 heterocycles. The molecule has 72 valence electrons. The van der Waals surface area contributed by atoms with Crippen LogP contribution < -0.4 is 10.5 Å². The lowest BCUT2D eigenvalue weighted by Crippen LogP contribution is -1.94. The second-order valence-electron chi connectivity index (χ2n) is 2.92. The van der Waals surface area contributed by atoms with Gasteiger partial charge in [-0.2, -0.15) is 0 Å². The van der Waals surface area contributed by atoms with Crippen LogP contribution in [0.5, 0.6) is 11.5 Å². The summed E-state index contributed by atoms with van der Waals surface area (Å²) >= 11 is 0. The summed E-state index contributed by atoms with van der Waals surface area (Å²) in [6, 6.07) is 6.74. The largest absolute Gasteiger partial charge is 0.506 e. The lowest BCUT2D eigenvalue weighted by Gasteiger charge is -2.06. The Morgan fingerprint density at radius 3 is 2.93 bits per heavy atom. The lowest BCUT2D eigenvalue weighted by molar-refractivity contribution is 0.419. The van der Waals surface area contributed by atoms with Gasteiger partial charge >= 0.3 is 0 Å². The number of nitrogens with two attached hydrogens (primary N) is 1. The molecule has 0 spiro atoms. The van der Waals surface area contributed by atoms with Crippen LogP contribution in [0, 0.1) is 0 Å². The number of rotatable bonds is 1. The van der Waals surface area contributed by atoms with Crippen molar-refractivity contribution in [1.29, 1.82) is 0 Å². The number of fused-ring (bicyclic) bond motifs is 1. The Balaban J connectivity index is 2.87. The van der Waals surface area contributed by atoms with Crippen LogP contribution in [0.1, 0.15) is 0 Å². The molecule has 0 aliphatic heterocycles. The van der Waals surface area contributed by atoms with Gasteiger partial charge in [0.25, 0.3) is 0 Å². The summed E-state index contributed by atoms with van der Waals surface area (Å²) in [4.78, 5) is 4.03. The van der Waals surface area contributed by atoms with Gasteiger partial charge < -0.3 is 15.6 Å². The summed E-state index contributed by atoms with van der Waals surface area (Å²) in [5.74, 6) is 1.05. The lowest BCUT2D eigenvalue weighted by atomic mass is 10.2. The van der Waals surface area contributed by atoms with Gasteiger partial charge in [-0.15, -0.1) is 0 Å². The highest BCUT2D eigenvalue weighted by molar-refractivity contribution is 5.90. The van der Waals surface area contributed by atoms with E-state index >= 15 is 0 Å². The van der Waals surface area contributed by atoms with Gasteiger partial charge in [0.1, 0.15) is 22.8 Å². The molecule has 0 saturated heterocycles. The maximum Gasteiger partial charge on any atom is 0.142 e. The Morgan fingerprint density at radius 1 is 1.43 bits per heavy atom. The third-order valence-corrected chi connectivity index (χ3v) is 2.02. The molecule has 3 N–H and O–H groups in total. The number of phenolic OH excluding ortho intramolecular Hbond substituents is 1. The molecule has 1 aromatic heterocycles. The summed E-state index contributed by atoms with van der Waals surface area (Å²) < 4.78 is 5.13. The molecule has 0 saturated carbocycles. The molecule has 1 aromatic carbocycles. The van der Waals surface area contributed by atoms with Crippen molar-refractivity contribution < 1.29 is 9.84 Å². The zero-order valence-corrected chi connectivity index (χ0v) is 7.69. The first-order chi connectivity index (χ1) is 6.72. The summed E-state index contributed by atoms with van der Waals surface area (Å²) in [5, 5.41) is 10.3. The summed E-state index contributed by atoms with van der Waals surface area (Å²) in [6.07, 6.45) is 0. The van der Waals surface area contributed by atoms with Crippen LogP contribution in [0.2, 0.25) is 0 Å². The Hall–Kier alpha value is -1.97. The Morgan fingerprint density at radius 2 is 2.21 bits per heavy atom. The first kappa shape index (κ1) is 8.62. The van der Waals surface area contributed by atoms with E-state index in [1.165, 1.54) is 0 Å². The van der Waals surface area contributed by atoms with E-state index < -0.39 is 0 Å². The third kappa shape index (κ3) is 1.21. The Bertz CT molecular complexity index is 483. The number of nitrogen functional groups attached to an aromatic ring is 1. The second kappa shape index (κ2) is 3.06. The van der Waals surface area contributed by atoms with E-state index in [2.05, 4.69) is 4.98 Å². The molecule has 0 fully saturated rings. The van der Waals surface area contributed by atoms with Gasteiger partial charge in [-0.05, 0) is 12.1 Å². The minimum absolute atomic E-state index is 0.105. The van der Waals surface area contributed by atoms with Crippen LogP contribution in [0.4, 0.5) is 5.82 Å². The van der Waals surface area contributed by atoms with Gasteiger partial charge in [0.15, 0.2) is 0 Å². The third-order valence-electron chi connectivity index (χ3n) is 2.02. The van der Waals surface area contributed by atoms with Crippen LogP contribution >= 0.6 is 0 Å². The quantitative estimate of drug-likeness (QED) is 0.715. The molecule has 4 heteroatoms. The van der Waals surface area contributed by atoms with Crippen molar-refractivity contribution in [2.75, 3.05) is 12.8 Å². The van der Waals surface area contributed by atoms with Crippen molar-refractivity contribution in [2.24, 2.45) is 0 Å². The number of phenols is 1. The van der Waals surface area contributed by atoms with Gasteiger partial charge in [0.2, 0.25) is 0 Å². The number of nitrogens with zero attached hydrogens (tertiary/aromatic N) is 1.